The van der Waals surface area contributed by atoms with Crippen LogP contribution in [0.2, 0.25) is 0 Å². The number of hydrogen-bond donors (Lipinski definition) is 6. The highest BCUT2D eigenvalue weighted by Crippen LogP contribution is 2.34. The average Bonchev–Trinajstić information content (AvgIpc) is 3.24. The molecule has 4 aliphatic heterocycles. The number of nitrogens with zero attached hydrogens (tertiary/aromatic N) is 2. The predicted octanol–water partition coefficient (Wildman–Crippen LogP) is -2.12. The van der Waals surface area contributed by atoms with Crippen molar-refractivity contribution in [3.63, 3.8) is 0 Å². The number of nitrogens with one attached hydrogen (secondary N) is 5. The van der Waals surface area contributed by atoms with Gasteiger partial charge in [0.1, 0.15) is 6.17 Å². The summed E-state index contributed by atoms with van der Waals surface area (Å²) in [6.07, 6.45) is -0.703. The van der Waals surface area contributed by atoms with Crippen molar-refractivity contribution in [2.75, 3.05) is 26.7 Å². The molecule has 4 heterocycles. The number of halogens is 1. The minimum Gasteiger partial charge on any atom is -0.342 e. The van der Waals surface area contributed by atoms with Crippen LogP contribution in [-0.2, 0) is 4.79 Å². The molecule has 0 bridgehead atoms. The summed E-state index contributed by atoms with van der Waals surface area (Å²) in [5, 5.41) is 10.2. The maximum atomic E-state index is 13.6. The van der Waals surface area contributed by atoms with Crippen LogP contribution in [0, 0.1) is 11.8 Å². The van der Waals surface area contributed by atoms with E-state index in [1.165, 1.54) is 0 Å². The molecule has 0 saturated carbocycles. The molecule has 4 aliphatic rings. The van der Waals surface area contributed by atoms with Gasteiger partial charge in [-0.1, -0.05) is 11.9 Å². The highest BCUT2D eigenvalue weighted by atomic mass is 32.2. The van der Waals surface area contributed by atoms with E-state index in [1.54, 1.807) is 17.0 Å². The molecule has 0 aromatic heterocycles. The summed E-state index contributed by atoms with van der Waals surface area (Å²) >= 11 is 1.57. The van der Waals surface area contributed by atoms with Crippen LogP contribution in [0.25, 0.3) is 0 Å². The number of amides is 1. The van der Waals surface area contributed by atoms with E-state index >= 15 is 0 Å². The summed E-state index contributed by atoms with van der Waals surface area (Å²) in [6.45, 7) is 3.60. The zero-order valence-corrected chi connectivity index (χ0v) is 15.9. The fraction of sp³-hybridized carbons (Fsp3) is 0.933. The lowest BCUT2D eigenvalue weighted by Gasteiger charge is -2.35. The van der Waals surface area contributed by atoms with Crippen molar-refractivity contribution in [1.82, 2.24) is 36.2 Å². The fourth-order valence-electron chi connectivity index (χ4n) is 4.63. The maximum Gasteiger partial charge on any atom is 0.230 e. The minimum atomic E-state index is -0.960. The third-order valence-electron chi connectivity index (χ3n) is 5.96. The molecule has 11 heteroatoms. The SMILES string of the molecule is CC1NSC(NC(=O)C2C(N)NN3CC(F)CNC23)C1C1CCNN1C. The first kappa shape index (κ1) is 18.8. The summed E-state index contributed by atoms with van der Waals surface area (Å²) in [5.74, 6) is -0.256. The average molecular weight is 389 g/mol. The van der Waals surface area contributed by atoms with Crippen LogP contribution in [0.1, 0.15) is 13.3 Å². The Morgan fingerprint density at radius 2 is 2.23 bits per heavy atom. The summed E-state index contributed by atoms with van der Waals surface area (Å²) in [4.78, 5) is 13.0. The molecule has 8 atom stereocenters. The molecule has 26 heavy (non-hydrogen) atoms. The topological polar surface area (TPSA) is 110 Å². The predicted molar refractivity (Wildman–Crippen MR) is 97.8 cm³/mol. The van der Waals surface area contributed by atoms with Crippen LogP contribution in [0.15, 0.2) is 0 Å². The van der Waals surface area contributed by atoms with Gasteiger partial charge in [-0.05, 0) is 13.3 Å². The largest absolute Gasteiger partial charge is 0.342 e. The van der Waals surface area contributed by atoms with Gasteiger partial charge in [0, 0.05) is 44.7 Å². The van der Waals surface area contributed by atoms with E-state index in [1.807, 2.05) is 0 Å². The molecule has 0 aliphatic carbocycles. The highest BCUT2D eigenvalue weighted by Gasteiger charge is 2.49. The fourth-order valence-corrected chi connectivity index (χ4v) is 5.89. The number of hydrazine groups is 2. The molecule has 0 radical (unpaired) electrons. The normalized spacial score (nSPS) is 47.2. The van der Waals surface area contributed by atoms with Gasteiger partial charge >= 0.3 is 0 Å². The molecular weight excluding hydrogens is 359 g/mol. The Hall–Kier alpha value is -0.530. The molecule has 4 saturated heterocycles. The van der Waals surface area contributed by atoms with Gasteiger partial charge in [-0.15, -0.1) is 0 Å². The van der Waals surface area contributed by atoms with E-state index < -0.39 is 18.3 Å². The number of rotatable bonds is 3. The van der Waals surface area contributed by atoms with Gasteiger partial charge in [0.15, 0.2) is 0 Å². The number of nitrogens with two attached hydrogens (primary N) is 1. The summed E-state index contributed by atoms with van der Waals surface area (Å²) in [5.41, 5.74) is 12.5. The van der Waals surface area contributed by atoms with Crippen molar-refractivity contribution in [2.24, 2.45) is 17.6 Å². The zero-order valence-electron chi connectivity index (χ0n) is 15.1. The van der Waals surface area contributed by atoms with Crippen molar-refractivity contribution in [3.8, 4) is 0 Å². The van der Waals surface area contributed by atoms with Gasteiger partial charge in [-0.3, -0.25) is 20.3 Å². The van der Waals surface area contributed by atoms with Crippen LogP contribution < -0.4 is 31.9 Å². The van der Waals surface area contributed by atoms with Gasteiger partial charge in [-0.2, -0.15) is 0 Å². The lowest BCUT2D eigenvalue weighted by atomic mass is 9.90. The van der Waals surface area contributed by atoms with Crippen LogP contribution in [-0.4, -0.2) is 78.6 Å². The third-order valence-corrected chi connectivity index (χ3v) is 7.15. The van der Waals surface area contributed by atoms with Gasteiger partial charge in [0.25, 0.3) is 0 Å². The van der Waals surface area contributed by atoms with E-state index in [0.29, 0.717) is 18.0 Å². The second-order valence-electron chi connectivity index (χ2n) is 7.69. The standard InChI is InChI=1S/C15H29FN8OS/c1-7-10(9-3-4-19-23(9)2)15(26-22-7)20-14(25)11-12(17)21-24-6-8(16)5-18-13(11)24/h7-13,15,18-19,21-22H,3-6,17H2,1-2H3,(H,20,25). The molecule has 4 fully saturated rings. The molecular formula is C15H29FN8OS. The third kappa shape index (κ3) is 3.35. The molecule has 8 unspecified atom stereocenters. The van der Waals surface area contributed by atoms with E-state index in [9.17, 15) is 9.18 Å². The summed E-state index contributed by atoms with van der Waals surface area (Å²) < 4.78 is 17.0. The maximum absolute atomic E-state index is 13.6. The van der Waals surface area contributed by atoms with Crippen molar-refractivity contribution in [2.45, 2.75) is 49.3 Å². The number of alkyl halides is 1. The van der Waals surface area contributed by atoms with Gasteiger partial charge in [0.2, 0.25) is 5.91 Å². The Labute approximate surface area is 157 Å². The van der Waals surface area contributed by atoms with Crippen molar-refractivity contribution < 1.29 is 9.18 Å². The summed E-state index contributed by atoms with van der Waals surface area (Å²) in [7, 11) is 2.06. The molecule has 7 N–H and O–H groups in total. The molecule has 0 spiro atoms. The van der Waals surface area contributed by atoms with Gasteiger partial charge in [-0.25, -0.2) is 19.8 Å². The number of carbonyl (C=O) groups excluding carboxylic acids is 1. The zero-order chi connectivity index (χ0) is 18.4. The van der Waals surface area contributed by atoms with Crippen molar-refractivity contribution in [3.05, 3.63) is 0 Å². The Bertz CT molecular complexity index is 544. The first-order chi connectivity index (χ1) is 12.5. The van der Waals surface area contributed by atoms with Crippen LogP contribution >= 0.6 is 11.9 Å². The quantitative estimate of drug-likeness (QED) is 0.303. The Morgan fingerprint density at radius 3 is 2.96 bits per heavy atom. The second-order valence-corrected chi connectivity index (χ2v) is 8.67. The lowest BCUT2D eigenvalue weighted by Crippen LogP contribution is -2.59. The monoisotopic (exact) mass is 388 g/mol. The van der Waals surface area contributed by atoms with Crippen molar-refractivity contribution >= 4 is 17.9 Å². The smallest absolute Gasteiger partial charge is 0.230 e. The Kier molecular flexibility index (Phi) is 5.41. The van der Waals surface area contributed by atoms with Crippen LogP contribution in [0.5, 0.6) is 0 Å². The Balaban J connectivity index is 1.43. The molecule has 0 aromatic rings. The number of hydrogen-bond acceptors (Lipinski definition) is 9. The lowest BCUT2D eigenvalue weighted by molar-refractivity contribution is -0.127. The summed E-state index contributed by atoms with van der Waals surface area (Å²) in [6, 6.07) is 0.661. The first-order valence-electron chi connectivity index (χ1n) is 9.29. The molecule has 4 rings (SSSR count). The second kappa shape index (κ2) is 7.47. The van der Waals surface area contributed by atoms with E-state index in [0.717, 1.165) is 13.0 Å². The number of carbonyl (C=O) groups is 1. The van der Waals surface area contributed by atoms with E-state index in [2.05, 4.69) is 45.2 Å². The highest BCUT2D eigenvalue weighted by molar-refractivity contribution is 7.98. The van der Waals surface area contributed by atoms with Crippen molar-refractivity contribution in [1.29, 1.82) is 0 Å². The van der Waals surface area contributed by atoms with Gasteiger partial charge in [0.05, 0.1) is 23.6 Å². The van der Waals surface area contributed by atoms with Crippen LogP contribution in [0.3, 0.4) is 0 Å². The van der Waals surface area contributed by atoms with Gasteiger partial charge < -0.3 is 11.1 Å². The molecule has 1 amide bonds. The first-order valence-corrected chi connectivity index (χ1v) is 10.2. The Morgan fingerprint density at radius 1 is 1.42 bits per heavy atom. The molecule has 148 valence electrons. The molecule has 0 aromatic carbocycles. The minimum absolute atomic E-state index is 0.0244. The van der Waals surface area contributed by atoms with E-state index in [-0.39, 0.29) is 30.5 Å². The number of fused-ring (bicyclic) bond motifs is 1. The van der Waals surface area contributed by atoms with E-state index in [4.69, 9.17) is 5.73 Å². The van der Waals surface area contributed by atoms with Crippen LogP contribution in [0.4, 0.5) is 4.39 Å². The molecule has 9 nitrogen and oxygen atoms in total.